The summed E-state index contributed by atoms with van der Waals surface area (Å²) in [4.78, 5) is 29.5. The van der Waals surface area contributed by atoms with Gasteiger partial charge in [0.15, 0.2) is 0 Å². The minimum atomic E-state index is -1.01. The molecule has 2 aliphatic rings. The lowest BCUT2D eigenvalue weighted by molar-refractivity contribution is -0.140. The second-order valence-corrected chi connectivity index (χ2v) is 7.70. The summed E-state index contributed by atoms with van der Waals surface area (Å²) in [5.74, 6) is -1.88. The van der Waals surface area contributed by atoms with Crippen LogP contribution in [0.4, 0.5) is 4.39 Å². The van der Waals surface area contributed by atoms with Crippen molar-refractivity contribution < 1.29 is 28.6 Å². The molecule has 0 aromatic heterocycles. The molecule has 4 rings (SSSR count). The molecule has 168 valence electrons. The summed E-state index contributed by atoms with van der Waals surface area (Å²) in [6.07, 6.45) is 0. The topological polar surface area (TPSA) is 79.3 Å². The van der Waals surface area contributed by atoms with E-state index in [9.17, 15) is 19.1 Å². The van der Waals surface area contributed by atoms with Gasteiger partial charge in [-0.15, -0.1) is 0 Å². The normalized spacial score (nSPS) is 21.2. The molecule has 0 bridgehead atoms. The summed E-state index contributed by atoms with van der Waals surface area (Å²) in [6.45, 7) is 3.40. The molecule has 7 nitrogen and oxygen atoms in total. The molecular weight excluding hydrogens is 415 g/mol. The second kappa shape index (κ2) is 9.50. The molecule has 2 aromatic rings. The van der Waals surface area contributed by atoms with Gasteiger partial charge in [-0.05, 0) is 30.3 Å². The Balaban J connectivity index is 1.74. The number of carbonyl (C=O) groups is 2. The standard InChI is InChI=1S/C24H25FN2O5/c1-31-17-8-6-16(7-9-17)22(28)20-21(18-4-2-3-5-19(18)25)27(24(30)23(20)29)11-10-26-12-14-32-15-13-26/h2-9,21,28H,10-15H2,1H3/t21-/m1/s1. The van der Waals surface area contributed by atoms with Crippen LogP contribution < -0.4 is 4.74 Å². The third kappa shape index (κ3) is 4.24. The van der Waals surface area contributed by atoms with Crippen LogP contribution in [0.2, 0.25) is 0 Å². The maximum Gasteiger partial charge on any atom is 0.295 e. The van der Waals surface area contributed by atoms with Gasteiger partial charge in [-0.2, -0.15) is 0 Å². The van der Waals surface area contributed by atoms with E-state index in [0.717, 1.165) is 13.1 Å². The zero-order valence-corrected chi connectivity index (χ0v) is 17.8. The fourth-order valence-corrected chi connectivity index (χ4v) is 4.11. The van der Waals surface area contributed by atoms with Crippen molar-refractivity contribution in [2.24, 2.45) is 0 Å². The second-order valence-electron chi connectivity index (χ2n) is 7.70. The molecule has 2 aromatic carbocycles. The van der Waals surface area contributed by atoms with Crippen LogP contribution in [0.15, 0.2) is 54.1 Å². The zero-order valence-electron chi connectivity index (χ0n) is 17.8. The fourth-order valence-electron chi connectivity index (χ4n) is 4.11. The SMILES string of the molecule is COc1ccc(C(O)=C2C(=O)C(=O)N(CCN3CCOCC3)[C@@H]2c2ccccc2F)cc1. The first kappa shape index (κ1) is 22.0. The van der Waals surface area contributed by atoms with Crippen molar-refractivity contribution in [3.63, 3.8) is 0 Å². The zero-order chi connectivity index (χ0) is 22.7. The minimum Gasteiger partial charge on any atom is -0.507 e. The monoisotopic (exact) mass is 440 g/mol. The Bertz CT molecular complexity index is 1030. The number of halogens is 1. The average Bonchev–Trinajstić information content (AvgIpc) is 3.08. The number of carbonyl (C=O) groups excluding carboxylic acids is 2. The number of nitrogens with zero attached hydrogens (tertiary/aromatic N) is 2. The Morgan fingerprint density at radius 1 is 1.09 bits per heavy atom. The van der Waals surface area contributed by atoms with Crippen molar-refractivity contribution in [3.8, 4) is 5.75 Å². The van der Waals surface area contributed by atoms with Crippen molar-refractivity contribution in [1.82, 2.24) is 9.80 Å². The van der Waals surface area contributed by atoms with E-state index in [1.54, 1.807) is 36.4 Å². The van der Waals surface area contributed by atoms with E-state index in [4.69, 9.17) is 9.47 Å². The van der Waals surface area contributed by atoms with E-state index < -0.39 is 23.5 Å². The van der Waals surface area contributed by atoms with Gasteiger partial charge in [-0.25, -0.2) is 4.39 Å². The summed E-state index contributed by atoms with van der Waals surface area (Å²) < 4.78 is 25.3. The summed E-state index contributed by atoms with van der Waals surface area (Å²) >= 11 is 0. The van der Waals surface area contributed by atoms with Gasteiger partial charge in [0.05, 0.1) is 31.9 Å². The Kier molecular flexibility index (Phi) is 6.53. The number of amides is 1. The first-order valence-corrected chi connectivity index (χ1v) is 10.5. The quantitative estimate of drug-likeness (QED) is 0.423. The molecule has 1 amide bonds. The van der Waals surface area contributed by atoms with Gasteiger partial charge in [0, 0.05) is 37.3 Å². The Morgan fingerprint density at radius 2 is 1.78 bits per heavy atom. The summed E-state index contributed by atoms with van der Waals surface area (Å²) in [5.41, 5.74) is 0.398. The summed E-state index contributed by atoms with van der Waals surface area (Å²) in [5, 5.41) is 11.0. The predicted octanol–water partition coefficient (Wildman–Crippen LogP) is 2.59. The van der Waals surface area contributed by atoms with E-state index in [-0.39, 0.29) is 23.4 Å². The van der Waals surface area contributed by atoms with Gasteiger partial charge >= 0.3 is 0 Å². The molecule has 0 unspecified atom stereocenters. The van der Waals surface area contributed by atoms with E-state index in [0.29, 0.717) is 31.1 Å². The summed E-state index contributed by atoms with van der Waals surface area (Å²) in [6, 6.07) is 11.5. The molecule has 0 aliphatic carbocycles. The van der Waals surface area contributed by atoms with Crippen LogP contribution in [0.5, 0.6) is 5.75 Å². The molecule has 0 spiro atoms. The van der Waals surface area contributed by atoms with Gasteiger partial charge in [0.2, 0.25) is 0 Å². The number of methoxy groups -OCH3 is 1. The molecule has 1 atom stereocenters. The smallest absolute Gasteiger partial charge is 0.295 e. The Labute approximate surface area is 185 Å². The molecule has 2 saturated heterocycles. The van der Waals surface area contributed by atoms with Gasteiger partial charge < -0.3 is 19.5 Å². The Hall–Kier alpha value is -3.23. The molecule has 32 heavy (non-hydrogen) atoms. The predicted molar refractivity (Wildman–Crippen MR) is 116 cm³/mol. The maximum atomic E-state index is 14.8. The highest BCUT2D eigenvalue weighted by molar-refractivity contribution is 6.46. The largest absolute Gasteiger partial charge is 0.507 e. The fraction of sp³-hybridized carbons (Fsp3) is 0.333. The van der Waals surface area contributed by atoms with E-state index in [1.807, 2.05) is 0 Å². The number of Topliss-reactive ketones (excluding diaryl/α,β-unsaturated/α-hetero) is 1. The molecule has 8 heteroatoms. The van der Waals surface area contributed by atoms with Crippen molar-refractivity contribution in [2.45, 2.75) is 6.04 Å². The molecular formula is C24H25FN2O5. The number of ketones is 1. The number of hydrogen-bond acceptors (Lipinski definition) is 6. The van der Waals surface area contributed by atoms with Gasteiger partial charge in [0.1, 0.15) is 17.3 Å². The Morgan fingerprint density at radius 3 is 2.44 bits per heavy atom. The van der Waals surface area contributed by atoms with Gasteiger partial charge in [-0.1, -0.05) is 18.2 Å². The average molecular weight is 440 g/mol. The lowest BCUT2D eigenvalue weighted by Gasteiger charge is -2.31. The van der Waals surface area contributed by atoms with Crippen LogP contribution in [0.25, 0.3) is 5.76 Å². The van der Waals surface area contributed by atoms with Crippen LogP contribution in [0.1, 0.15) is 17.2 Å². The van der Waals surface area contributed by atoms with E-state index >= 15 is 0 Å². The molecule has 2 aliphatic heterocycles. The molecule has 0 saturated carbocycles. The van der Waals surface area contributed by atoms with Crippen LogP contribution in [0, 0.1) is 5.82 Å². The number of rotatable bonds is 6. The van der Waals surface area contributed by atoms with Gasteiger partial charge in [0.25, 0.3) is 11.7 Å². The number of morpholine rings is 1. The number of ether oxygens (including phenoxy) is 2. The number of aliphatic hydroxyl groups is 1. The maximum absolute atomic E-state index is 14.8. The van der Waals surface area contributed by atoms with Crippen LogP contribution in [-0.2, 0) is 14.3 Å². The number of benzene rings is 2. The minimum absolute atomic E-state index is 0.118. The first-order chi connectivity index (χ1) is 15.5. The number of hydrogen-bond donors (Lipinski definition) is 1. The number of likely N-dealkylation sites (tertiary alicyclic amines) is 1. The third-order valence-corrected chi connectivity index (χ3v) is 5.86. The van der Waals surface area contributed by atoms with Crippen molar-refractivity contribution in [2.75, 3.05) is 46.5 Å². The van der Waals surface area contributed by atoms with E-state index in [1.165, 1.54) is 24.1 Å². The van der Waals surface area contributed by atoms with E-state index in [2.05, 4.69) is 4.90 Å². The van der Waals surface area contributed by atoms with Crippen molar-refractivity contribution >= 4 is 17.4 Å². The highest BCUT2D eigenvalue weighted by Crippen LogP contribution is 2.40. The van der Waals surface area contributed by atoms with Crippen LogP contribution in [0.3, 0.4) is 0 Å². The van der Waals surface area contributed by atoms with Crippen molar-refractivity contribution in [1.29, 1.82) is 0 Å². The molecule has 0 radical (unpaired) electrons. The molecule has 1 N–H and O–H groups in total. The van der Waals surface area contributed by atoms with Crippen LogP contribution >= 0.6 is 0 Å². The van der Waals surface area contributed by atoms with Crippen LogP contribution in [-0.4, -0.2) is 73.1 Å². The highest BCUT2D eigenvalue weighted by Gasteiger charge is 2.46. The molecule has 2 fully saturated rings. The lowest BCUT2D eigenvalue weighted by atomic mass is 9.95. The van der Waals surface area contributed by atoms with Gasteiger partial charge in [-0.3, -0.25) is 14.5 Å². The van der Waals surface area contributed by atoms with Crippen molar-refractivity contribution in [3.05, 3.63) is 71.0 Å². The third-order valence-electron chi connectivity index (χ3n) is 5.86. The number of aliphatic hydroxyl groups excluding tert-OH is 1. The summed E-state index contributed by atoms with van der Waals surface area (Å²) in [7, 11) is 1.52. The highest BCUT2D eigenvalue weighted by atomic mass is 19.1. The first-order valence-electron chi connectivity index (χ1n) is 10.5. The lowest BCUT2D eigenvalue weighted by Crippen LogP contribution is -2.42. The molecule has 2 heterocycles.